The summed E-state index contributed by atoms with van der Waals surface area (Å²) < 4.78 is 12.5. The highest BCUT2D eigenvalue weighted by molar-refractivity contribution is 9.10. The minimum atomic E-state index is -0.478. The normalized spacial score (nSPS) is 17.6. The predicted octanol–water partition coefficient (Wildman–Crippen LogP) is 4.69. The number of piperazine rings is 1. The summed E-state index contributed by atoms with van der Waals surface area (Å²) in [6, 6.07) is 2.71. The van der Waals surface area contributed by atoms with Gasteiger partial charge < -0.3 is 24.2 Å². The molecule has 1 saturated heterocycles. The lowest BCUT2D eigenvalue weighted by molar-refractivity contribution is 0.00122. The molecule has 1 aromatic heterocycles. The minimum absolute atomic E-state index is 0.147. The van der Waals surface area contributed by atoms with E-state index in [2.05, 4.69) is 52.6 Å². The summed E-state index contributed by atoms with van der Waals surface area (Å²) >= 11 is 3.61. The van der Waals surface area contributed by atoms with E-state index in [0.29, 0.717) is 25.7 Å². The van der Waals surface area contributed by atoms with Gasteiger partial charge in [0, 0.05) is 49.4 Å². The number of amides is 1. The van der Waals surface area contributed by atoms with Crippen molar-refractivity contribution in [1.82, 2.24) is 9.88 Å². The zero-order chi connectivity index (χ0) is 22.8. The number of carbonyl (C=O) groups excluding carboxylic acids is 1. The van der Waals surface area contributed by atoms with Gasteiger partial charge in [0.1, 0.15) is 5.60 Å². The van der Waals surface area contributed by atoms with Crippen molar-refractivity contribution < 1.29 is 14.3 Å². The molecule has 0 radical (unpaired) electrons. The SMILES string of the molecule is CC(C)(C)OCCN(c1cc(Br)cnc1N1CCN(C(=O)OC(C)(C)C)CC1)C1CC1. The predicted molar refractivity (Wildman–Crippen MR) is 128 cm³/mol. The highest BCUT2D eigenvalue weighted by Crippen LogP contribution is 2.38. The molecule has 1 amide bonds. The highest BCUT2D eigenvalue weighted by Gasteiger charge is 2.33. The number of halogens is 1. The van der Waals surface area contributed by atoms with Gasteiger partial charge >= 0.3 is 6.09 Å². The third-order valence-electron chi connectivity index (χ3n) is 5.21. The van der Waals surface area contributed by atoms with Gasteiger partial charge in [-0.2, -0.15) is 0 Å². The molecule has 2 fully saturated rings. The summed E-state index contributed by atoms with van der Waals surface area (Å²) in [5, 5.41) is 0. The van der Waals surface area contributed by atoms with Crippen molar-refractivity contribution in [2.45, 2.75) is 71.6 Å². The number of anilines is 2. The number of hydrogen-bond donors (Lipinski definition) is 0. The number of rotatable bonds is 6. The molecule has 3 rings (SSSR count). The third kappa shape index (κ3) is 7.24. The van der Waals surface area contributed by atoms with E-state index in [-0.39, 0.29) is 11.7 Å². The molecular formula is C23H37BrN4O3. The van der Waals surface area contributed by atoms with Gasteiger partial charge in [-0.1, -0.05) is 0 Å². The fourth-order valence-electron chi connectivity index (χ4n) is 3.64. The number of carbonyl (C=O) groups is 1. The van der Waals surface area contributed by atoms with Gasteiger partial charge in [0.25, 0.3) is 0 Å². The number of aromatic nitrogens is 1. The van der Waals surface area contributed by atoms with Crippen molar-refractivity contribution in [3.05, 3.63) is 16.7 Å². The Bertz CT molecular complexity index is 763. The summed E-state index contributed by atoms with van der Waals surface area (Å²) in [5.41, 5.74) is 0.514. The topological polar surface area (TPSA) is 58.1 Å². The molecule has 0 aromatic carbocycles. The maximum Gasteiger partial charge on any atom is 0.410 e. The maximum absolute atomic E-state index is 12.4. The average Bonchev–Trinajstić information content (AvgIpc) is 3.48. The smallest absolute Gasteiger partial charge is 0.410 e. The van der Waals surface area contributed by atoms with Crippen molar-refractivity contribution in [1.29, 1.82) is 0 Å². The molecule has 31 heavy (non-hydrogen) atoms. The van der Waals surface area contributed by atoms with Crippen LogP contribution in [0.3, 0.4) is 0 Å². The van der Waals surface area contributed by atoms with E-state index in [1.165, 1.54) is 12.8 Å². The Morgan fingerprint density at radius 2 is 1.77 bits per heavy atom. The third-order valence-corrected chi connectivity index (χ3v) is 5.64. The first kappa shape index (κ1) is 24.1. The lowest BCUT2D eigenvalue weighted by Gasteiger charge is -2.38. The van der Waals surface area contributed by atoms with Gasteiger partial charge in [-0.25, -0.2) is 9.78 Å². The lowest BCUT2D eigenvalue weighted by Crippen LogP contribution is -2.50. The van der Waals surface area contributed by atoms with E-state index in [1.54, 1.807) is 4.90 Å². The van der Waals surface area contributed by atoms with Crippen LogP contribution in [-0.4, -0.2) is 72.6 Å². The molecule has 8 heteroatoms. The first-order chi connectivity index (χ1) is 14.4. The Morgan fingerprint density at radius 1 is 1.13 bits per heavy atom. The van der Waals surface area contributed by atoms with E-state index in [9.17, 15) is 4.79 Å². The molecule has 0 spiro atoms. The molecule has 1 aliphatic heterocycles. The van der Waals surface area contributed by atoms with Crippen LogP contribution in [0.1, 0.15) is 54.4 Å². The van der Waals surface area contributed by atoms with E-state index in [4.69, 9.17) is 14.5 Å². The molecule has 0 N–H and O–H groups in total. The standard InChI is InChI=1S/C23H37BrN4O3/c1-22(2,3)30-14-13-28(18-7-8-18)19-15-17(24)16-25-20(19)26-9-11-27(12-10-26)21(29)31-23(4,5)6/h15-16,18H,7-14H2,1-6H3. The molecule has 1 aromatic rings. The largest absolute Gasteiger partial charge is 0.444 e. The summed E-state index contributed by atoms with van der Waals surface area (Å²) in [4.78, 5) is 23.7. The molecule has 2 aliphatic rings. The highest BCUT2D eigenvalue weighted by atomic mass is 79.9. The monoisotopic (exact) mass is 496 g/mol. The molecule has 1 aliphatic carbocycles. The van der Waals surface area contributed by atoms with Gasteiger partial charge in [0.15, 0.2) is 5.82 Å². The van der Waals surface area contributed by atoms with Crippen molar-refractivity contribution in [2.24, 2.45) is 0 Å². The summed E-state index contributed by atoms with van der Waals surface area (Å²) in [6.07, 6.45) is 4.02. The number of ether oxygens (including phenoxy) is 2. The first-order valence-corrected chi connectivity index (χ1v) is 12.0. The van der Waals surface area contributed by atoms with Crippen LogP contribution in [-0.2, 0) is 9.47 Å². The molecule has 1 saturated carbocycles. The van der Waals surface area contributed by atoms with Crippen LogP contribution in [0.2, 0.25) is 0 Å². The van der Waals surface area contributed by atoms with Crippen molar-refractivity contribution in [3.63, 3.8) is 0 Å². The van der Waals surface area contributed by atoms with Crippen molar-refractivity contribution in [3.8, 4) is 0 Å². The summed E-state index contributed by atoms with van der Waals surface area (Å²) in [5.74, 6) is 0.981. The summed E-state index contributed by atoms with van der Waals surface area (Å²) in [6.45, 7) is 16.2. The quantitative estimate of drug-likeness (QED) is 0.569. The second kappa shape index (κ2) is 9.53. The molecule has 2 heterocycles. The Balaban J connectivity index is 1.70. The lowest BCUT2D eigenvalue weighted by atomic mass is 10.2. The molecule has 0 atom stereocenters. The molecule has 174 valence electrons. The van der Waals surface area contributed by atoms with Gasteiger partial charge in [0.2, 0.25) is 0 Å². The summed E-state index contributed by atoms with van der Waals surface area (Å²) in [7, 11) is 0. The van der Waals surface area contributed by atoms with Gasteiger partial charge in [-0.15, -0.1) is 0 Å². The zero-order valence-corrected chi connectivity index (χ0v) is 21.4. The van der Waals surface area contributed by atoms with E-state index < -0.39 is 5.60 Å². The van der Waals surface area contributed by atoms with Crippen LogP contribution in [0.4, 0.5) is 16.3 Å². The van der Waals surface area contributed by atoms with Crippen LogP contribution < -0.4 is 9.80 Å². The Labute approximate surface area is 195 Å². The first-order valence-electron chi connectivity index (χ1n) is 11.2. The van der Waals surface area contributed by atoms with E-state index >= 15 is 0 Å². The maximum atomic E-state index is 12.4. The Hall–Kier alpha value is -1.54. The van der Waals surface area contributed by atoms with Crippen LogP contribution >= 0.6 is 15.9 Å². The molecule has 7 nitrogen and oxygen atoms in total. The van der Waals surface area contributed by atoms with Gasteiger partial charge in [-0.3, -0.25) is 0 Å². The fourth-order valence-corrected chi connectivity index (χ4v) is 3.96. The van der Waals surface area contributed by atoms with Crippen LogP contribution in [0.15, 0.2) is 16.7 Å². The molecule has 0 bridgehead atoms. The Kier molecular flexibility index (Phi) is 7.41. The Morgan fingerprint density at radius 3 is 2.32 bits per heavy atom. The van der Waals surface area contributed by atoms with E-state index in [0.717, 1.165) is 35.6 Å². The number of hydrogen-bond acceptors (Lipinski definition) is 6. The second-order valence-electron chi connectivity index (χ2n) is 10.3. The van der Waals surface area contributed by atoms with Gasteiger partial charge in [-0.05, 0) is 76.4 Å². The zero-order valence-electron chi connectivity index (χ0n) is 19.8. The minimum Gasteiger partial charge on any atom is -0.444 e. The number of nitrogens with zero attached hydrogens (tertiary/aromatic N) is 4. The van der Waals surface area contributed by atoms with Crippen molar-refractivity contribution >= 4 is 33.5 Å². The van der Waals surface area contributed by atoms with E-state index in [1.807, 2.05) is 27.0 Å². The molecule has 0 unspecified atom stereocenters. The number of pyridine rings is 1. The van der Waals surface area contributed by atoms with Crippen molar-refractivity contribution in [2.75, 3.05) is 49.1 Å². The fraction of sp³-hybridized carbons (Fsp3) is 0.739. The van der Waals surface area contributed by atoms with Crippen LogP contribution in [0, 0.1) is 0 Å². The molecular weight excluding hydrogens is 460 g/mol. The average molecular weight is 497 g/mol. The van der Waals surface area contributed by atoms with Gasteiger partial charge in [0.05, 0.1) is 17.9 Å². The van der Waals surface area contributed by atoms with Crippen LogP contribution in [0.5, 0.6) is 0 Å². The van der Waals surface area contributed by atoms with Crippen LogP contribution in [0.25, 0.3) is 0 Å². The second-order valence-corrected chi connectivity index (χ2v) is 11.3.